The van der Waals surface area contributed by atoms with Crippen LogP contribution in [0.15, 0.2) is 18.2 Å². The first kappa shape index (κ1) is 16.6. The molecule has 0 spiro atoms. The minimum absolute atomic E-state index is 0.117. The average molecular weight is 309 g/mol. The van der Waals surface area contributed by atoms with E-state index in [1.165, 1.54) is 24.1 Å². The van der Waals surface area contributed by atoms with Gasteiger partial charge in [0.15, 0.2) is 0 Å². The molecule has 1 saturated carbocycles. The molecular formula is C18H29ClN2. The van der Waals surface area contributed by atoms with Crippen LogP contribution in [-0.4, -0.2) is 18.6 Å². The number of para-hydroxylation sites is 1. The van der Waals surface area contributed by atoms with Crippen LogP contribution >= 0.6 is 11.6 Å². The molecule has 0 amide bonds. The molecule has 21 heavy (non-hydrogen) atoms. The molecule has 1 aromatic carbocycles. The number of nitrogens with one attached hydrogen (secondary N) is 1. The molecule has 1 aliphatic rings. The molecule has 1 fully saturated rings. The first-order valence-corrected chi connectivity index (χ1v) is 8.56. The second-order valence-corrected chi connectivity index (χ2v) is 7.65. The van der Waals surface area contributed by atoms with Crippen molar-refractivity contribution in [3.63, 3.8) is 0 Å². The van der Waals surface area contributed by atoms with Crippen LogP contribution in [0.4, 0.5) is 5.69 Å². The molecule has 0 unspecified atom stereocenters. The summed E-state index contributed by atoms with van der Waals surface area (Å²) in [5.41, 5.74) is 2.67. The summed E-state index contributed by atoms with van der Waals surface area (Å²) in [5, 5.41) is 4.47. The Balaban J connectivity index is 2.21. The van der Waals surface area contributed by atoms with Crippen molar-refractivity contribution in [3.05, 3.63) is 28.8 Å². The molecule has 3 heteroatoms. The smallest absolute Gasteiger partial charge is 0.0642 e. The van der Waals surface area contributed by atoms with Crippen LogP contribution in [0.5, 0.6) is 0 Å². The topological polar surface area (TPSA) is 15.3 Å². The number of anilines is 1. The summed E-state index contributed by atoms with van der Waals surface area (Å²) in [6, 6.07) is 6.29. The van der Waals surface area contributed by atoms with E-state index in [1.54, 1.807) is 0 Å². The molecule has 0 heterocycles. The van der Waals surface area contributed by atoms with Crippen molar-refractivity contribution in [1.29, 1.82) is 0 Å². The summed E-state index contributed by atoms with van der Waals surface area (Å²) in [7, 11) is 0. The zero-order valence-electron chi connectivity index (χ0n) is 13.9. The fraction of sp³-hybridized carbons (Fsp3) is 0.667. The van der Waals surface area contributed by atoms with E-state index in [4.69, 9.17) is 11.6 Å². The first-order chi connectivity index (χ1) is 9.90. The van der Waals surface area contributed by atoms with Gasteiger partial charge in [0, 0.05) is 25.2 Å². The summed E-state index contributed by atoms with van der Waals surface area (Å²) in [4.78, 5) is 2.50. The van der Waals surface area contributed by atoms with E-state index >= 15 is 0 Å². The molecule has 2 nitrogen and oxygen atoms in total. The standard InChI is InChI=1S/C18H29ClN2/c1-5-11-21(13-14-9-10-14)17-15(7-6-8-16(17)19)12-20-18(2,3)4/h6-8,14,20H,5,9-13H2,1-4H3. The highest BCUT2D eigenvalue weighted by Crippen LogP contribution is 2.36. The Hall–Kier alpha value is -0.730. The lowest BCUT2D eigenvalue weighted by molar-refractivity contribution is 0.424. The van der Waals surface area contributed by atoms with Crippen LogP contribution in [0.25, 0.3) is 0 Å². The normalized spacial score (nSPS) is 15.3. The maximum atomic E-state index is 6.54. The molecule has 0 saturated heterocycles. The minimum Gasteiger partial charge on any atom is -0.370 e. The van der Waals surface area contributed by atoms with E-state index < -0.39 is 0 Å². The molecule has 0 radical (unpaired) electrons. The van der Waals surface area contributed by atoms with Gasteiger partial charge in [-0.2, -0.15) is 0 Å². The fourth-order valence-corrected chi connectivity index (χ4v) is 2.91. The van der Waals surface area contributed by atoms with Crippen LogP contribution in [-0.2, 0) is 6.54 Å². The third kappa shape index (κ3) is 5.19. The second-order valence-electron chi connectivity index (χ2n) is 7.24. The quantitative estimate of drug-likeness (QED) is 0.774. The van der Waals surface area contributed by atoms with E-state index in [-0.39, 0.29) is 5.54 Å². The summed E-state index contributed by atoms with van der Waals surface area (Å²) < 4.78 is 0. The molecule has 0 aliphatic heterocycles. The van der Waals surface area contributed by atoms with Gasteiger partial charge in [-0.05, 0) is 57.6 Å². The molecule has 118 valence electrons. The van der Waals surface area contributed by atoms with Crippen LogP contribution in [0.1, 0.15) is 52.5 Å². The summed E-state index contributed by atoms with van der Waals surface area (Å²) in [6.45, 7) is 11.9. The predicted octanol–water partition coefficient (Wildman–Crippen LogP) is 4.85. The zero-order valence-corrected chi connectivity index (χ0v) is 14.6. The first-order valence-electron chi connectivity index (χ1n) is 8.18. The Bertz CT molecular complexity index is 461. The SMILES string of the molecule is CCCN(CC1CC1)c1c(Cl)cccc1CNC(C)(C)C. The number of nitrogens with zero attached hydrogens (tertiary/aromatic N) is 1. The molecule has 1 aliphatic carbocycles. The minimum atomic E-state index is 0.117. The van der Waals surface area contributed by atoms with Crippen molar-refractivity contribution in [2.75, 3.05) is 18.0 Å². The van der Waals surface area contributed by atoms with Gasteiger partial charge in [-0.15, -0.1) is 0 Å². The van der Waals surface area contributed by atoms with Crippen LogP contribution in [0.3, 0.4) is 0 Å². The maximum Gasteiger partial charge on any atom is 0.0642 e. The van der Waals surface area contributed by atoms with Crippen molar-refractivity contribution in [3.8, 4) is 0 Å². The summed E-state index contributed by atoms with van der Waals surface area (Å²) in [6.07, 6.45) is 3.91. The Labute approximate surface area is 134 Å². The third-order valence-electron chi connectivity index (χ3n) is 3.86. The van der Waals surface area contributed by atoms with Crippen molar-refractivity contribution in [2.45, 2.75) is 59.0 Å². The van der Waals surface area contributed by atoms with Crippen molar-refractivity contribution in [1.82, 2.24) is 5.32 Å². The van der Waals surface area contributed by atoms with Gasteiger partial charge >= 0.3 is 0 Å². The van der Waals surface area contributed by atoms with Crippen molar-refractivity contribution >= 4 is 17.3 Å². The molecule has 1 aromatic rings. The van der Waals surface area contributed by atoms with Crippen molar-refractivity contribution < 1.29 is 0 Å². The zero-order chi connectivity index (χ0) is 15.5. The van der Waals surface area contributed by atoms with Crippen molar-refractivity contribution in [2.24, 2.45) is 5.92 Å². The Morgan fingerprint density at radius 3 is 2.57 bits per heavy atom. The number of hydrogen-bond donors (Lipinski definition) is 1. The van der Waals surface area contributed by atoms with Crippen LogP contribution in [0.2, 0.25) is 5.02 Å². The molecule has 2 rings (SSSR count). The molecule has 1 N–H and O–H groups in total. The summed E-state index contributed by atoms with van der Waals surface area (Å²) in [5.74, 6) is 0.872. The average Bonchev–Trinajstić information content (AvgIpc) is 3.19. The Kier molecular flexibility index (Phi) is 5.56. The van der Waals surface area contributed by atoms with Gasteiger partial charge in [-0.25, -0.2) is 0 Å². The van der Waals surface area contributed by atoms with Crippen LogP contribution < -0.4 is 10.2 Å². The molecule has 0 aromatic heterocycles. The molecule has 0 bridgehead atoms. The van der Waals surface area contributed by atoms with Gasteiger partial charge in [0.1, 0.15) is 0 Å². The van der Waals surface area contributed by atoms with E-state index in [2.05, 4.69) is 50.0 Å². The largest absolute Gasteiger partial charge is 0.370 e. The lowest BCUT2D eigenvalue weighted by Gasteiger charge is -2.29. The van der Waals surface area contributed by atoms with Gasteiger partial charge in [-0.1, -0.05) is 30.7 Å². The van der Waals surface area contributed by atoms with Gasteiger partial charge in [0.25, 0.3) is 0 Å². The number of benzene rings is 1. The highest BCUT2D eigenvalue weighted by Gasteiger charge is 2.26. The van der Waals surface area contributed by atoms with E-state index in [0.717, 1.165) is 37.0 Å². The molecule has 0 atom stereocenters. The van der Waals surface area contributed by atoms with Crippen LogP contribution in [0, 0.1) is 5.92 Å². The molecular weight excluding hydrogens is 280 g/mol. The van der Waals surface area contributed by atoms with E-state index in [0.29, 0.717) is 0 Å². The van der Waals surface area contributed by atoms with Gasteiger partial charge in [0.2, 0.25) is 0 Å². The maximum absolute atomic E-state index is 6.54. The second kappa shape index (κ2) is 7.02. The fourth-order valence-electron chi connectivity index (χ4n) is 2.59. The Morgan fingerprint density at radius 2 is 2.00 bits per heavy atom. The van der Waals surface area contributed by atoms with Gasteiger partial charge in [0.05, 0.1) is 10.7 Å². The Morgan fingerprint density at radius 1 is 1.29 bits per heavy atom. The summed E-state index contributed by atoms with van der Waals surface area (Å²) >= 11 is 6.54. The number of halogens is 1. The van der Waals surface area contributed by atoms with Gasteiger partial charge < -0.3 is 10.2 Å². The highest BCUT2D eigenvalue weighted by molar-refractivity contribution is 6.33. The lowest BCUT2D eigenvalue weighted by atomic mass is 10.1. The lowest BCUT2D eigenvalue weighted by Crippen LogP contribution is -2.36. The van der Waals surface area contributed by atoms with Gasteiger partial charge in [-0.3, -0.25) is 0 Å². The number of rotatable bonds is 7. The highest BCUT2D eigenvalue weighted by atomic mass is 35.5. The van der Waals surface area contributed by atoms with E-state index in [1.807, 2.05) is 6.07 Å². The monoisotopic (exact) mass is 308 g/mol. The third-order valence-corrected chi connectivity index (χ3v) is 4.17. The predicted molar refractivity (Wildman–Crippen MR) is 93.3 cm³/mol. The van der Waals surface area contributed by atoms with E-state index in [9.17, 15) is 0 Å². The number of hydrogen-bond acceptors (Lipinski definition) is 2.